The van der Waals surface area contributed by atoms with Crippen LogP contribution in [0, 0.1) is 5.82 Å². The number of hydrogen-bond donors (Lipinski definition) is 1. The highest BCUT2D eigenvalue weighted by atomic mass is 79.9. The van der Waals surface area contributed by atoms with Gasteiger partial charge in [-0.1, -0.05) is 0 Å². The number of nitrogens with zero attached hydrogens (tertiary/aromatic N) is 1. The minimum atomic E-state index is -0.346. The molecule has 0 radical (unpaired) electrons. The topological polar surface area (TPSA) is 42.4 Å². The van der Waals surface area contributed by atoms with Crippen molar-refractivity contribution < 1.29 is 14.2 Å². The van der Waals surface area contributed by atoms with Gasteiger partial charge in [-0.25, -0.2) is 9.37 Å². The number of aliphatic hydroxyl groups is 1. The van der Waals surface area contributed by atoms with Crippen molar-refractivity contribution in [1.82, 2.24) is 4.98 Å². The molecule has 0 saturated carbocycles. The average molecular weight is 298 g/mol. The van der Waals surface area contributed by atoms with E-state index in [2.05, 4.69) is 20.9 Å². The fourth-order valence-corrected chi connectivity index (χ4v) is 1.58. The van der Waals surface area contributed by atoms with E-state index in [1.165, 1.54) is 24.4 Å². The Kier molecular flexibility index (Phi) is 3.71. The monoisotopic (exact) mass is 297 g/mol. The third kappa shape index (κ3) is 3.01. The summed E-state index contributed by atoms with van der Waals surface area (Å²) in [6.07, 6.45) is 1.52. The van der Waals surface area contributed by atoms with E-state index in [0.717, 1.165) is 0 Å². The summed E-state index contributed by atoms with van der Waals surface area (Å²) in [5, 5.41) is 8.86. The van der Waals surface area contributed by atoms with E-state index in [4.69, 9.17) is 9.84 Å². The Hall–Kier alpha value is -1.46. The van der Waals surface area contributed by atoms with E-state index < -0.39 is 0 Å². The first-order valence-electron chi connectivity index (χ1n) is 4.88. The van der Waals surface area contributed by atoms with Crippen LogP contribution in [0.15, 0.2) is 41.0 Å². The van der Waals surface area contributed by atoms with Gasteiger partial charge in [0.1, 0.15) is 11.6 Å². The Morgan fingerprint density at radius 2 is 2.12 bits per heavy atom. The molecule has 0 atom stereocenters. The minimum Gasteiger partial charge on any atom is -0.439 e. The number of benzene rings is 1. The van der Waals surface area contributed by atoms with Crippen molar-refractivity contribution in [3.05, 3.63) is 52.4 Å². The van der Waals surface area contributed by atoms with Crippen LogP contribution in [0.1, 0.15) is 5.56 Å². The maximum Gasteiger partial charge on any atom is 0.219 e. The molecule has 0 fully saturated rings. The molecular formula is C12H9BrFNO2. The van der Waals surface area contributed by atoms with Crippen LogP contribution in [-0.4, -0.2) is 10.1 Å². The summed E-state index contributed by atoms with van der Waals surface area (Å²) in [5.74, 6) is 0.532. The smallest absolute Gasteiger partial charge is 0.219 e. The number of ether oxygens (including phenoxy) is 1. The molecule has 0 saturated heterocycles. The van der Waals surface area contributed by atoms with Gasteiger partial charge >= 0.3 is 0 Å². The molecule has 88 valence electrons. The normalized spacial score (nSPS) is 10.3. The first-order chi connectivity index (χ1) is 8.19. The number of aliphatic hydroxyl groups excluding tert-OH is 1. The Balaban J connectivity index is 2.16. The highest BCUT2D eigenvalue weighted by Crippen LogP contribution is 2.25. The molecule has 17 heavy (non-hydrogen) atoms. The van der Waals surface area contributed by atoms with Crippen LogP contribution in [0.25, 0.3) is 0 Å². The van der Waals surface area contributed by atoms with Crippen LogP contribution < -0.4 is 4.74 Å². The standard InChI is InChI=1S/C12H9BrFNO2/c13-10-5-9(2-3-11(10)14)17-12-4-1-8(7-16)6-15-12/h1-6,16H,7H2. The Morgan fingerprint density at radius 1 is 1.29 bits per heavy atom. The van der Waals surface area contributed by atoms with Crippen molar-refractivity contribution in [3.8, 4) is 11.6 Å². The maximum atomic E-state index is 13.0. The second-order valence-electron chi connectivity index (χ2n) is 3.34. The van der Waals surface area contributed by atoms with E-state index in [0.29, 0.717) is 21.7 Å². The summed E-state index contributed by atoms with van der Waals surface area (Å²) < 4.78 is 18.7. The van der Waals surface area contributed by atoms with Gasteiger partial charge in [0.25, 0.3) is 0 Å². The first kappa shape index (κ1) is 12.0. The van der Waals surface area contributed by atoms with Gasteiger partial charge in [0, 0.05) is 12.3 Å². The van der Waals surface area contributed by atoms with E-state index >= 15 is 0 Å². The minimum absolute atomic E-state index is 0.0601. The van der Waals surface area contributed by atoms with Crippen LogP contribution >= 0.6 is 15.9 Å². The van der Waals surface area contributed by atoms with Crippen molar-refractivity contribution in [2.75, 3.05) is 0 Å². The van der Waals surface area contributed by atoms with Gasteiger partial charge in [-0.05, 0) is 45.8 Å². The lowest BCUT2D eigenvalue weighted by Gasteiger charge is -2.05. The van der Waals surface area contributed by atoms with Gasteiger partial charge in [-0.3, -0.25) is 0 Å². The van der Waals surface area contributed by atoms with Gasteiger partial charge in [-0.15, -0.1) is 0 Å². The van der Waals surface area contributed by atoms with Gasteiger partial charge in [0.2, 0.25) is 5.88 Å². The van der Waals surface area contributed by atoms with Crippen LogP contribution in [0.2, 0.25) is 0 Å². The molecule has 1 aromatic carbocycles. The molecule has 2 aromatic rings. The molecule has 1 aromatic heterocycles. The summed E-state index contributed by atoms with van der Waals surface area (Å²) >= 11 is 3.07. The molecular weight excluding hydrogens is 289 g/mol. The summed E-state index contributed by atoms with van der Waals surface area (Å²) in [6.45, 7) is -0.0601. The zero-order chi connectivity index (χ0) is 12.3. The van der Waals surface area contributed by atoms with E-state index in [1.54, 1.807) is 12.1 Å². The Morgan fingerprint density at radius 3 is 2.71 bits per heavy atom. The summed E-state index contributed by atoms with van der Waals surface area (Å²) in [4.78, 5) is 4.01. The van der Waals surface area contributed by atoms with E-state index in [9.17, 15) is 4.39 Å². The van der Waals surface area contributed by atoms with Gasteiger partial charge in [-0.2, -0.15) is 0 Å². The predicted molar refractivity (Wildman–Crippen MR) is 64.3 cm³/mol. The molecule has 1 N–H and O–H groups in total. The predicted octanol–water partition coefficient (Wildman–Crippen LogP) is 3.27. The van der Waals surface area contributed by atoms with Crippen LogP contribution in [0.5, 0.6) is 11.6 Å². The summed E-state index contributed by atoms with van der Waals surface area (Å²) in [6, 6.07) is 7.70. The maximum absolute atomic E-state index is 13.0. The number of aromatic nitrogens is 1. The molecule has 0 aliphatic carbocycles. The average Bonchev–Trinajstić information content (AvgIpc) is 2.35. The fraction of sp³-hybridized carbons (Fsp3) is 0.0833. The molecule has 1 heterocycles. The fourth-order valence-electron chi connectivity index (χ4n) is 1.23. The molecule has 5 heteroatoms. The third-order valence-corrected chi connectivity index (χ3v) is 2.70. The zero-order valence-electron chi connectivity index (χ0n) is 8.73. The molecule has 0 aliphatic rings. The third-order valence-electron chi connectivity index (χ3n) is 2.09. The second kappa shape index (κ2) is 5.25. The Bertz CT molecular complexity index is 516. The molecule has 0 aliphatic heterocycles. The quantitative estimate of drug-likeness (QED) is 0.945. The summed E-state index contributed by atoms with van der Waals surface area (Å²) in [5.41, 5.74) is 0.706. The van der Waals surface area contributed by atoms with Gasteiger partial charge < -0.3 is 9.84 Å². The molecule has 0 bridgehead atoms. The van der Waals surface area contributed by atoms with Crippen LogP contribution in [0.3, 0.4) is 0 Å². The molecule has 2 rings (SSSR count). The molecule has 3 nitrogen and oxygen atoms in total. The first-order valence-corrected chi connectivity index (χ1v) is 5.67. The van der Waals surface area contributed by atoms with Crippen LogP contribution in [-0.2, 0) is 6.61 Å². The lowest BCUT2D eigenvalue weighted by molar-refractivity contribution is 0.281. The Labute approximate surface area is 106 Å². The SMILES string of the molecule is OCc1ccc(Oc2ccc(F)c(Br)c2)nc1. The largest absolute Gasteiger partial charge is 0.439 e. The van der Waals surface area contributed by atoms with Gasteiger partial charge in [0.05, 0.1) is 11.1 Å². The molecule has 0 spiro atoms. The number of rotatable bonds is 3. The second-order valence-corrected chi connectivity index (χ2v) is 4.20. The van der Waals surface area contributed by atoms with Crippen molar-refractivity contribution >= 4 is 15.9 Å². The molecule has 0 amide bonds. The zero-order valence-corrected chi connectivity index (χ0v) is 10.3. The van der Waals surface area contributed by atoms with Crippen molar-refractivity contribution in [2.45, 2.75) is 6.61 Å². The van der Waals surface area contributed by atoms with Crippen molar-refractivity contribution in [1.29, 1.82) is 0 Å². The van der Waals surface area contributed by atoms with E-state index in [1.807, 2.05) is 0 Å². The lowest BCUT2D eigenvalue weighted by atomic mass is 10.3. The number of pyridine rings is 1. The molecule has 0 unspecified atom stereocenters. The highest BCUT2D eigenvalue weighted by Gasteiger charge is 2.03. The van der Waals surface area contributed by atoms with E-state index in [-0.39, 0.29) is 12.4 Å². The van der Waals surface area contributed by atoms with Crippen molar-refractivity contribution in [2.24, 2.45) is 0 Å². The number of halogens is 2. The van der Waals surface area contributed by atoms with Crippen LogP contribution in [0.4, 0.5) is 4.39 Å². The van der Waals surface area contributed by atoms with Crippen molar-refractivity contribution in [3.63, 3.8) is 0 Å². The lowest BCUT2D eigenvalue weighted by Crippen LogP contribution is -1.90. The summed E-state index contributed by atoms with van der Waals surface area (Å²) in [7, 11) is 0. The number of hydrogen-bond acceptors (Lipinski definition) is 3. The highest BCUT2D eigenvalue weighted by molar-refractivity contribution is 9.10. The van der Waals surface area contributed by atoms with Gasteiger partial charge in [0.15, 0.2) is 0 Å².